The summed E-state index contributed by atoms with van der Waals surface area (Å²) in [6.45, 7) is 3.95. The predicted octanol–water partition coefficient (Wildman–Crippen LogP) is 2.27. The highest BCUT2D eigenvalue weighted by molar-refractivity contribution is 6.04. The molecule has 0 saturated carbocycles. The van der Waals surface area contributed by atoms with Crippen molar-refractivity contribution in [2.45, 2.75) is 39.3 Å². The summed E-state index contributed by atoms with van der Waals surface area (Å²) in [5.41, 5.74) is 1.95. The number of aryl methyl sites for hydroxylation is 2. The van der Waals surface area contributed by atoms with E-state index in [0.717, 1.165) is 12.8 Å². The zero-order chi connectivity index (χ0) is 22.7. The van der Waals surface area contributed by atoms with Gasteiger partial charge in [0, 0.05) is 24.5 Å². The first kappa shape index (κ1) is 21.4. The summed E-state index contributed by atoms with van der Waals surface area (Å²) < 4.78 is 1.18. The Morgan fingerprint density at radius 1 is 1.12 bits per heavy atom. The van der Waals surface area contributed by atoms with Crippen LogP contribution in [0.1, 0.15) is 46.5 Å². The lowest BCUT2D eigenvalue weighted by Crippen LogP contribution is -2.37. The molecule has 1 saturated heterocycles. The van der Waals surface area contributed by atoms with Crippen molar-refractivity contribution in [2.75, 3.05) is 11.9 Å². The third kappa shape index (κ3) is 4.56. The number of amides is 2. The summed E-state index contributed by atoms with van der Waals surface area (Å²) in [4.78, 5) is 48.2. The number of hydrogen-bond acceptors (Lipinski definition) is 6. The summed E-state index contributed by atoms with van der Waals surface area (Å²) in [5.74, 6) is -0.00138. The van der Waals surface area contributed by atoms with Gasteiger partial charge in [-0.15, -0.1) is 0 Å². The Labute approximate surface area is 185 Å². The molecule has 1 aliphatic heterocycles. The minimum atomic E-state index is -0.319. The van der Waals surface area contributed by atoms with E-state index >= 15 is 0 Å². The molecule has 0 unspecified atom stereocenters. The molecule has 1 atom stereocenters. The van der Waals surface area contributed by atoms with Crippen LogP contribution in [0.4, 0.5) is 5.69 Å². The molecule has 0 radical (unpaired) electrons. The van der Waals surface area contributed by atoms with Gasteiger partial charge in [-0.2, -0.15) is 5.10 Å². The second-order valence-corrected chi connectivity index (χ2v) is 7.76. The van der Waals surface area contributed by atoms with Gasteiger partial charge in [0.2, 0.25) is 5.91 Å². The molecule has 2 amide bonds. The SMILES string of the molecule is Cc1ccc(=O)n(CC(=O)N2CCC[C@@H]2c2ncc(C(=O)Nc3ccccc3)c(C)n2)n1. The fourth-order valence-electron chi connectivity index (χ4n) is 3.81. The van der Waals surface area contributed by atoms with Crippen molar-refractivity contribution in [3.8, 4) is 0 Å². The molecule has 1 N–H and O–H groups in total. The van der Waals surface area contributed by atoms with Gasteiger partial charge >= 0.3 is 0 Å². The highest BCUT2D eigenvalue weighted by Gasteiger charge is 2.32. The number of likely N-dealkylation sites (tertiary alicyclic amines) is 1. The summed E-state index contributed by atoms with van der Waals surface area (Å²) in [6.07, 6.45) is 3.03. The lowest BCUT2D eigenvalue weighted by Gasteiger charge is -2.24. The zero-order valence-corrected chi connectivity index (χ0v) is 18.0. The second kappa shape index (κ2) is 9.09. The van der Waals surface area contributed by atoms with Crippen molar-refractivity contribution in [2.24, 2.45) is 0 Å². The molecule has 1 aromatic carbocycles. The van der Waals surface area contributed by atoms with Gasteiger partial charge in [0.05, 0.1) is 23.0 Å². The molecule has 0 bridgehead atoms. The van der Waals surface area contributed by atoms with Crippen LogP contribution in [0.3, 0.4) is 0 Å². The molecule has 3 aromatic rings. The van der Waals surface area contributed by atoms with E-state index in [1.807, 2.05) is 18.2 Å². The maximum atomic E-state index is 12.9. The first-order valence-corrected chi connectivity index (χ1v) is 10.5. The van der Waals surface area contributed by atoms with E-state index in [-0.39, 0.29) is 30.0 Å². The number of nitrogens with one attached hydrogen (secondary N) is 1. The zero-order valence-electron chi connectivity index (χ0n) is 18.0. The molecular weight excluding hydrogens is 408 g/mol. The van der Waals surface area contributed by atoms with Crippen molar-refractivity contribution in [3.05, 3.63) is 81.8 Å². The van der Waals surface area contributed by atoms with Crippen molar-refractivity contribution in [3.63, 3.8) is 0 Å². The molecule has 9 nitrogen and oxygen atoms in total. The minimum Gasteiger partial charge on any atom is -0.331 e. The van der Waals surface area contributed by atoms with E-state index in [2.05, 4.69) is 20.4 Å². The van der Waals surface area contributed by atoms with E-state index in [1.165, 1.54) is 16.9 Å². The molecule has 1 aliphatic rings. The predicted molar refractivity (Wildman–Crippen MR) is 118 cm³/mol. The third-order valence-corrected chi connectivity index (χ3v) is 5.43. The Bertz CT molecular complexity index is 1210. The van der Waals surface area contributed by atoms with Gasteiger partial charge in [-0.1, -0.05) is 18.2 Å². The largest absolute Gasteiger partial charge is 0.331 e. The van der Waals surface area contributed by atoms with Gasteiger partial charge in [0.25, 0.3) is 11.5 Å². The van der Waals surface area contributed by atoms with Crippen LogP contribution in [0.25, 0.3) is 0 Å². The summed E-state index contributed by atoms with van der Waals surface area (Å²) in [6, 6.07) is 11.9. The van der Waals surface area contributed by atoms with E-state index in [4.69, 9.17) is 0 Å². The van der Waals surface area contributed by atoms with Crippen LogP contribution in [0, 0.1) is 13.8 Å². The molecule has 0 spiro atoms. The number of carbonyl (C=O) groups is 2. The van der Waals surface area contributed by atoms with Crippen molar-refractivity contribution >= 4 is 17.5 Å². The van der Waals surface area contributed by atoms with Crippen LogP contribution in [0.2, 0.25) is 0 Å². The summed E-state index contributed by atoms with van der Waals surface area (Å²) in [7, 11) is 0. The van der Waals surface area contributed by atoms with E-state index in [0.29, 0.717) is 35.0 Å². The van der Waals surface area contributed by atoms with Crippen LogP contribution >= 0.6 is 0 Å². The normalized spacial score (nSPS) is 15.6. The lowest BCUT2D eigenvalue weighted by atomic mass is 10.1. The number of para-hydroxylation sites is 1. The second-order valence-electron chi connectivity index (χ2n) is 7.76. The maximum absolute atomic E-state index is 12.9. The number of carbonyl (C=O) groups excluding carboxylic acids is 2. The van der Waals surface area contributed by atoms with Gasteiger partial charge in [-0.05, 0) is 44.9 Å². The highest BCUT2D eigenvalue weighted by atomic mass is 16.2. The molecule has 9 heteroatoms. The Balaban J connectivity index is 1.50. The Morgan fingerprint density at radius 2 is 1.91 bits per heavy atom. The molecule has 32 heavy (non-hydrogen) atoms. The monoisotopic (exact) mass is 432 g/mol. The molecule has 2 aromatic heterocycles. The number of nitrogens with zero attached hydrogens (tertiary/aromatic N) is 5. The number of anilines is 1. The molecule has 4 rings (SSSR count). The lowest BCUT2D eigenvalue weighted by molar-refractivity contribution is -0.133. The molecule has 3 heterocycles. The average molecular weight is 432 g/mol. The quantitative estimate of drug-likeness (QED) is 0.662. The fraction of sp³-hybridized carbons (Fsp3) is 0.304. The van der Waals surface area contributed by atoms with E-state index in [9.17, 15) is 14.4 Å². The first-order chi connectivity index (χ1) is 15.4. The van der Waals surface area contributed by atoms with Gasteiger partial charge < -0.3 is 10.2 Å². The van der Waals surface area contributed by atoms with Crippen molar-refractivity contribution < 1.29 is 9.59 Å². The van der Waals surface area contributed by atoms with Crippen molar-refractivity contribution in [1.29, 1.82) is 0 Å². The van der Waals surface area contributed by atoms with Crippen LogP contribution in [0.5, 0.6) is 0 Å². The van der Waals surface area contributed by atoms with Crippen LogP contribution < -0.4 is 10.9 Å². The first-order valence-electron chi connectivity index (χ1n) is 10.5. The van der Waals surface area contributed by atoms with E-state index in [1.54, 1.807) is 36.9 Å². The smallest absolute Gasteiger partial charge is 0.267 e. The van der Waals surface area contributed by atoms with Gasteiger partial charge in [0.15, 0.2) is 5.82 Å². The van der Waals surface area contributed by atoms with Gasteiger partial charge in [0.1, 0.15) is 6.54 Å². The standard InChI is InChI=1S/C23H24N6O3/c1-15-10-11-20(30)29(27-15)14-21(31)28-12-6-9-19(28)22-24-13-18(16(2)25-22)23(32)26-17-7-4-3-5-8-17/h3-5,7-8,10-11,13,19H,6,9,12,14H2,1-2H3,(H,26,32)/t19-/m1/s1. The maximum Gasteiger partial charge on any atom is 0.267 e. The third-order valence-electron chi connectivity index (χ3n) is 5.43. The number of rotatable bonds is 5. The Hall–Kier alpha value is -3.88. The molecule has 164 valence electrons. The molecule has 0 aliphatic carbocycles. The fourth-order valence-corrected chi connectivity index (χ4v) is 3.81. The van der Waals surface area contributed by atoms with Crippen LogP contribution in [0.15, 0.2) is 53.5 Å². The minimum absolute atomic E-state index is 0.131. The van der Waals surface area contributed by atoms with Gasteiger partial charge in [-0.25, -0.2) is 14.6 Å². The molecular formula is C23H24N6O3. The number of aromatic nitrogens is 4. The summed E-state index contributed by atoms with van der Waals surface area (Å²) in [5, 5.41) is 6.97. The average Bonchev–Trinajstić information content (AvgIpc) is 3.27. The summed E-state index contributed by atoms with van der Waals surface area (Å²) >= 11 is 0. The van der Waals surface area contributed by atoms with Crippen LogP contribution in [-0.4, -0.2) is 43.0 Å². The van der Waals surface area contributed by atoms with Crippen molar-refractivity contribution in [1.82, 2.24) is 24.6 Å². The number of benzene rings is 1. The molecule has 1 fully saturated rings. The Morgan fingerprint density at radius 3 is 2.66 bits per heavy atom. The Kier molecular flexibility index (Phi) is 6.07. The highest BCUT2D eigenvalue weighted by Crippen LogP contribution is 2.30. The number of hydrogen-bond donors (Lipinski definition) is 1. The topological polar surface area (TPSA) is 110 Å². The van der Waals surface area contributed by atoms with Crippen LogP contribution in [-0.2, 0) is 11.3 Å². The van der Waals surface area contributed by atoms with Gasteiger partial charge in [-0.3, -0.25) is 14.4 Å². The van der Waals surface area contributed by atoms with E-state index < -0.39 is 0 Å².